The molecule has 19 heavy (non-hydrogen) atoms. The fraction of sp³-hybridized carbons (Fsp3) is 0.231. The quantitative estimate of drug-likeness (QED) is 0.629. The molecule has 0 fully saturated rings. The molecular weight excluding hydrogens is 288 g/mol. The maximum Gasteiger partial charge on any atom is 0.261 e. The van der Waals surface area contributed by atoms with Gasteiger partial charge in [0.2, 0.25) is 0 Å². The third-order valence-electron chi connectivity index (χ3n) is 2.65. The van der Waals surface area contributed by atoms with Crippen molar-refractivity contribution in [3.63, 3.8) is 0 Å². The second-order valence-corrected chi connectivity index (χ2v) is 6.42. The van der Waals surface area contributed by atoms with Gasteiger partial charge in [0.25, 0.3) is 9.05 Å². The van der Waals surface area contributed by atoms with Crippen LogP contribution in [0.4, 0.5) is 0 Å². The summed E-state index contributed by atoms with van der Waals surface area (Å²) < 4.78 is 33.5. The molecule has 0 saturated heterocycles. The third kappa shape index (κ3) is 3.18. The van der Waals surface area contributed by atoms with E-state index < -0.39 is 9.05 Å². The molecule has 2 aromatic carbocycles. The van der Waals surface area contributed by atoms with Gasteiger partial charge in [-0.15, -0.1) is 0 Å². The molecule has 2 aromatic rings. The van der Waals surface area contributed by atoms with Crippen LogP contribution < -0.4 is 4.74 Å². The second-order valence-electron chi connectivity index (χ2n) is 3.89. The summed E-state index contributed by atoms with van der Waals surface area (Å²) in [7, 11) is 3.24. The molecule has 0 bridgehead atoms. The zero-order valence-corrected chi connectivity index (χ0v) is 11.9. The van der Waals surface area contributed by atoms with Gasteiger partial charge in [-0.05, 0) is 12.1 Å². The van der Waals surface area contributed by atoms with E-state index >= 15 is 0 Å². The molecule has 0 heterocycles. The van der Waals surface area contributed by atoms with Crippen LogP contribution in [0.5, 0.6) is 5.75 Å². The van der Waals surface area contributed by atoms with E-state index in [2.05, 4.69) is 0 Å². The van der Waals surface area contributed by atoms with Gasteiger partial charge in [-0.25, -0.2) is 8.42 Å². The topological polar surface area (TPSA) is 52.6 Å². The first-order chi connectivity index (χ1) is 9.04. The van der Waals surface area contributed by atoms with Gasteiger partial charge in [-0.1, -0.05) is 24.3 Å². The van der Waals surface area contributed by atoms with E-state index in [1.807, 2.05) is 6.07 Å². The maximum atomic E-state index is 11.5. The summed E-state index contributed by atoms with van der Waals surface area (Å²) in [4.78, 5) is 0.0869. The molecule has 102 valence electrons. The Morgan fingerprint density at radius 2 is 1.74 bits per heavy atom. The van der Waals surface area contributed by atoms with Gasteiger partial charge >= 0.3 is 0 Å². The second kappa shape index (κ2) is 5.77. The highest BCUT2D eigenvalue weighted by Gasteiger charge is 2.16. The van der Waals surface area contributed by atoms with Crippen molar-refractivity contribution in [1.29, 1.82) is 0 Å². The van der Waals surface area contributed by atoms with Crippen molar-refractivity contribution in [2.45, 2.75) is 4.90 Å². The monoisotopic (exact) mass is 300 g/mol. The predicted octanol–water partition coefficient (Wildman–Crippen LogP) is 2.79. The molecule has 0 N–H and O–H groups in total. The molecule has 0 aliphatic rings. The van der Waals surface area contributed by atoms with Crippen LogP contribution in [0.15, 0.2) is 41.3 Å². The molecule has 6 heteroatoms. The molecule has 0 saturated carbocycles. The Balaban J connectivity index is 2.52. The average Bonchev–Trinajstić information content (AvgIpc) is 2.37. The van der Waals surface area contributed by atoms with Crippen molar-refractivity contribution in [3.05, 3.63) is 36.4 Å². The number of hydrogen-bond donors (Lipinski definition) is 0. The number of hydrogen-bond acceptors (Lipinski definition) is 4. The third-order valence-corrected chi connectivity index (χ3v) is 4.03. The summed E-state index contributed by atoms with van der Waals surface area (Å²) in [5.74, 6) is 0.608. The zero-order chi connectivity index (χ0) is 13.9. The fourth-order valence-electron chi connectivity index (χ4n) is 1.82. The van der Waals surface area contributed by atoms with Crippen molar-refractivity contribution >= 4 is 30.5 Å². The summed E-state index contributed by atoms with van der Waals surface area (Å²) in [6, 6.07) is 10.1. The average molecular weight is 301 g/mol. The summed E-state index contributed by atoms with van der Waals surface area (Å²) in [6.45, 7) is 0.858. The van der Waals surface area contributed by atoms with Crippen LogP contribution in [0.25, 0.3) is 10.8 Å². The highest BCUT2D eigenvalue weighted by molar-refractivity contribution is 8.14. The molecular formula is C13H13ClO4S. The molecule has 0 radical (unpaired) electrons. The van der Waals surface area contributed by atoms with Gasteiger partial charge in [0.05, 0.1) is 11.5 Å². The Morgan fingerprint density at radius 1 is 1.05 bits per heavy atom. The Morgan fingerprint density at radius 3 is 2.37 bits per heavy atom. The Hall–Kier alpha value is -1.30. The molecule has 0 spiro atoms. The molecule has 0 aromatic heterocycles. The number of methoxy groups -OCH3 is 1. The molecule has 0 aliphatic heterocycles. The first-order valence-corrected chi connectivity index (χ1v) is 7.93. The highest BCUT2D eigenvalue weighted by Crippen LogP contribution is 2.32. The van der Waals surface area contributed by atoms with Gasteiger partial charge in [0.1, 0.15) is 12.4 Å². The normalized spacial score (nSPS) is 11.7. The summed E-state index contributed by atoms with van der Waals surface area (Å²) in [5.41, 5.74) is 0. The molecule has 4 nitrogen and oxygen atoms in total. The van der Waals surface area contributed by atoms with Crippen LogP contribution in [0.1, 0.15) is 0 Å². The molecule has 0 amide bonds. The van der Waals surface area contributed by atoms with Crippen LogP contribution in [0, 0.1) is 0 Å². The van der Waals surface area contributed by atoms with Gasteiger partial charge in [-0.3, -0.25) is 0 Å². The standard InChI is InChI=1S/C13H13ClO4S/c1-17-8-9-18-12-6-7-13(19(14,15)16)11-5-3-2-4-10(11)12/h2-7H,8-9H2,1H3. The SMILES string of the molecule is COCCOc1ccc(S(=O)(=O)Cl)c2ccccc12. The van der Waals surface area contributed by atoms with Crippen molar-refractivity contribution < 1.29 is 17.9 Å². The van der Waals surface area contributed by atoms with E-state index in [4.69, 9.17) is 20.2 Å². The van der Waals surface area contributed by atoms with Crippen LogP contribution in [0.2, 0.25) is 0 Å². The molecule has 2 rings (SSSR count). The van der Waals surface area contributed by atoms with Gasteiger partial charge < -0.3 is 9.47 Å². The zero-order valence-electron chi connectivity index (χ0n) is 10.3. The Kier molecular flexibility index (Phi) is 4.29. The lowest BCUT2D eigenvalue weighted by atomic mass is 10.1. The minimum atomic E-state index is -3.78. The largest absolute Gasteiger partial charge is 0.491 e. The van der Waals surface area contributed by atoms with E-state index in [0.29, 0.717) is 29.7 Å². The summed E-state index contributed by atoms with van der Waals surface area (Å²) >= 11 is 0. The number of halogens is 1. The van der Waals surface area contributed by atoms with Crippen molar-refractivity contribution in [3.8, 4) is 5.75 Å². The number of ether oxygens (including phenoxy) is 2. The molecule has 0 atom stereocenters. The van der Waals surface area contributed by atoms with E-state index in [0.717, 1.165) is 0 Å². The Labute approximate surface area is 116 Å². The minimum Gasteiger partial charge on any atom is -0.491 e. The maximum absolute atomic E-state index is 11.5. The van der Waals surface area contributed by atoms with E-state index in [1.54, 1.807) is 31.4 Å². The minimum absolute atomic E-state index is 0.0869. The van der Waals surface area contributed by atoms with Gasteiger partial charge in [-0.2, -0.15) is 0 Å². The fourth-order valence-corrected chi connectivity index (χ4v) is 2.89. The van der Waals surface area contributed by atoms with E-state index in [1.165, 1.54) is 6.07 Å². The van der Waals surface area contributed by atoms with Gasteiger partial charge in [0, 0.05) is 28.6 Å². The Bertz CT molecular complexity index is 682. The van der Waals surface area contributed by atoms with Crippen molar-refractivity contribution in [2.24, 2.45) is 0 Å². The van der Waals surface area contributed by atoms with Crippen LogP contribution in [-0.2, 0) is 13.8 Å². The van der Waals surface area contributed by atoms with Gasteiger partial charge in [0.15, 0.2) is 0 Å². The van der Waals surface area contributed by atoms with Crippen LogP contribution >= 0.6 is 10.7 Å². The van der Waals surface area contributed by atoms with Crippen molar-refractivity contribution in [2.75, 3.05) is 20.3 Å². The van der Waals surface area contributed by atoms with E-state index in [-0.39, 0.29) is 4.90 Å². The lowest BCUT2D eigenvalue weighted by Crippen LogP contribution is -2.05. The summed E-state index contributed by atoms with van der Waals surface area (Å²) in [5, 5.41) is 1.26. The molecule has 0 aliphatic carbocycles. The number of benzene rings is 2. The summed E-state index contributed by atoms with van der Waals surface area (Å²) in [6.07, 6.45) is 0. The lowest BCUT2D eigenvalue weighted by Gasteiger charge is -2.10. The van der Waals surface area contributed by atoms with Crippen LogP contribution in [-0.4, -0.2) is 28.7 Å². The lowest BCUT2D eigenvalue weighted by molar-refractivity contribution is 0.147. The smallest absolute Gasteiger partial charge is 0.261 e. The predicted molar refractivity (Wildman–Crippen MR) is 74.4 cm³/mol. The molecule has 0 unspecified atom stereocenters. The van der Waals surface area contributed by atoms with Crippen molar-refractivity contribution in [1.82, 2.24) is 0 Å². The number of fused-ring (bicyclic) bond motifs is 1. The number of rotatable bonds is 5. The first kappa shape index (κ1) is 14.1. The van der Waals surface area contributed by atoms with E-state index in [9.17, 15) is 8.42 Å². The first-order valence-electron chi connectivity index (χ1n) is 5.62. The highest BCUT2D eigenvalue weighted by atomic mass is 35.7. The van der Waals surface area contributed by atoms with Crippen LogP contribution in [0.3, 0.4) is 0 Å².